The number of benzene rings is 1. The highest BCUT2D eigenvalue weighted by Crippen LogP contribution is 2.21. The zero-order valence-electron chi connectivity index (χ0n) is 12.1. The molecule has 1 aliphatic heterocycles. The van der Waals surface area contributed by atoms with Gasteiger partial charge in [-0.15, -0.1) is 12.4 Å². The summed E-state index contributed by atoms with van der Waals surface area (Å²) < 4.78 is 5.57. The normalized spacial score (nSPS) is 24.6. The van der Waals surface area contributed by atoms with Crippen LogP contribution in [0.15, 0.2) is 24.3 Å². The summed E-state index contributed by atoms with van der Waals surface area (Å²) in [6, 6.07) is 8.79. The number of ether oxygens (including phenoxy) is 1. The molecule has 0 radical (unpaired) electrons. The van der Waals surface area contributed by atoms with E-state index in [1.54, 1.807) is 0 Å². The summed E-state index contributed by atoms with van der Waals surface area (Å²) in [7, 11) is 0. The maximum absolute atomic E-state index is 12.1. The van der Waals surface area contributed by atoms with E-state index in [9.17, 15) is 4.79 Å². The van der Waals surface area contributed by atoms with Crippen LogP contribution in [0.5, 0.6) is 0 Å². The Kier molecular flexibility index (Phi) is 6.03. The van der Waals surface area contributed by atoms with E-state index in [1.165, 1.54) is 11.1 Å². The number of morpholine rings is 1. The molecule has 0 spiro atoms. The van der Waals surface area contributed by atoms with Crippen molar-refractivity contribution >= 4 is 18.3 Å². The van der Waals surface area contributed by atoms with Gasteiger partial charge in [-0.25, -0.2) is 0 Å². The quantitative estimate of drug-likeness (QED) is 0.889. The van der Waals surface area contributed by atoms with Crippen LogP contribution in [0.1, 0.15) is 24.0 Å². The molecule has 1 aliphatic carbocycles. The first-order valence-corrected chi connectivity index (χ1v) is 7.50. The lowest BCUT2D eigenvalue weighted by atomic mass is 9.88. The number of aryl methyl sites for hydroxylation is 1. The zero-order valence-corrected chi connectivity index (χ0v) is 13.0. The van der Waals surface area contributed by atoms with Crippen LogP contribution in [0.25, 0.3) is 0 Å². The lowest BCUT2D eigenvalue weighted by Gasteiger charge is -2.27. The Balaban J connectivity index is 0.00000161. The van der Waals surface area contributed by atoms with Gasteiger partial charge >= 0.3 is 0 Å². The predicted octanol–water partition coefficient (Wildman–Crippen LogP) is 1.46. The molecule has 1 amide bonds. The monoisotopic (exact) mass is 310 g/mol. The number of fused-ring (bicyclic) bond motifs is 1. The van der Waals surface area contributed by atoms with Gasteiger partial charge in [0, 0.05) is 19.1 Å². The lowest BCUT2D eigenvalue weighted by molar-refractivity contribution is -0.125. The second-order valence-corrected chi connectivity index (χ2v) is 5.68. The molecular formula is C16H23ClN2O2. The van der Waals surface area contributed by atoms with Crippen LogP contribution in [-0.2, 0) is 22.4 Å². The standard InChI is InChI=1S/C16H22N2O2.ClH/c19-16(10-15-11-17-7-8-20-15)18-14-6-5-12-3-1-2-4-13(12)9-14;/h1-4,14-15,17H,5-11H2,(H,18,19);1H. The van der Waals surface area contributed by atoms with E-state index in [-0.39, 0.29) is 30.5 Å². The highest BCUT2D eigenvalue weighted by atomic mass is 35.5. The minimum absolute atomic E-state index is 0. The highest BCUT2D eigenvalue weighted by molar-refractivity contribution is 5.85. The molecule has 2 N–H and O–H groups in total. The number of carbonyl (C=O) groups is 1. The highest BCUT2D eigenvalue weighted by Gasteiger charge is 2.22. The van der Waals surface area contributed by atoms with Gasteiger partial charge in [-0.2, -0.15) is 0 Å². The van der Waals surface area contributed by atoms with E-state index in [4.69, 9.17) is 4.74 Å². The first-order valence-electron chi connectivity index (χ1n) is 7.50. The molecule has 4 nitrogen and oxygen atoms in total. The summed E-state index contributed by atoms with van der Waals surface area (Å²) in [5, 5.41) is 6.41. The number of rotatable bonds is 3. The second-order valence-electron chi connectivity index (χ2n) is 5.68. The number of nitrogens with one attached hydrogen (secondary N) is 2. The molecule has 1 saturated heterocycles. The van der Waals surface area contributed by atoms with E-state index in [0.717, 1.165) is 32.4 Å². The Bertz CT molecular complexity index is 475. The van der Waals surface area contributed by atoms with E-state index >= 15 is 0 Å². The third-order valence-corrected chi connectivity index (χ3v) is 4.13. The average Bonchev–Trinajstić information content (AvgIpc) is 2.48. The molecule has 2 unspecified atom stereocenters. The van der Waals surface area contributed by atoms with Gasteiger partial charge in [-0.05, 0) is 30.4 Å². The van der Waals surface area contributed by atoms with E-state index < -0.39 is 0 Å². The van der Waals surface area contributed by atoms with Crippen molar-refractivity contribution in [1.82, 2.24) is 10.6 Å². The Morgan fingerprint density at radius 2 is 2.14 bits per heavy atom. The Morgan fingerprint density at radius 1 is 1.33 bits per heavy atom. The Labute approximate surface area is 132 Å². The Hall–Kier alpha value is -1.10. The van der Waals surface area contributed by atoms with Crippen LogP contribution in [0.3, 0.4) is 0 Å². The van der Waals surface area contributed by atoms with Crippen LogP contribution >= 0.6 is 12.4 Å². The van der Waals surface area contributed by atoms with Crippen LogP contribution in [0.4, 0.5) is 0 Å². The third-order valence-electron chi connectivity index (χ3n) is 4.13. The zero-order chi connectivity index (χ0) is 13.8. The first kappa shape index (κ1) is 16.3. The molecule has 5 heteroatoms. The maximum atomic E-state index is 12.1. The molecule has 0 saturated carbocycles. The molecule has 1 aromatic carbocycles. The van der Waals surface area contributed by atoms with Crippen molar-refractivity contribution in [1.29, 1.82) is 0 Å². The third kappa shape index (κ3) is 4.43. The van der Waals surface area contributed by atoms with Crippen molar-refractivity contribution < 1.29 is 9.53 Å². The van der Waals surface area contributed by atoms with E-state index in [2.05, 4.69) is 34.9 Å². The molecule has 1 aromatic rings. The smallest absolute Gasteiger partial charge is 0.222 e. The van der Waals surface area contributed by atoms with Gasteiger partial charge in [-0.3, -0.25) is 4.79 Å². The fourth-order valence-corrected chi connectivity index (χ4v) is 3.07. The molecule has 0 bridgehead atoms. The number of amides is 1. The minimum atomic E-state index is 0. The van der Waals surface area contributed by atoms with E-state index in [0.29, 0.717) is 13.0 Å². The molecule has 1 heterocycles. The fourth-order valence-electron chi connectivity index (χ4n) is 3.07. The first-order chi connectivity index (χ1) is 9.81. The lowest BCUT2D eigenvalue weighted by Crippen LogP contribution is -2.44. The molecule has 116 valence electrons. The van der Waals surface area contributed by atoms with Crippen LogP contribution in [0, 0.1) is 0 Å². The Morgan fingerprint density at radius 3 is 2.90 bits per heavy atom. The van der Waals surface area contributed by atoms with Gasteiger partial charge in [0.15, 0.2) is 0 Å². The van der Waals surface area contributed by atoms with Crippen molar-refractivity contribution in [2.45, 2.75) is 37.8 Å². The van der Waals surface area contributed by atoms with Gasteiger partial charge in [0.1, 0.15) is 0 Å². The summed E-state index contributed by atoms with van der Waals surface area (Å²) >= 11 is 0. The number of hydrogen-bond donors (Lipinski definition) is 2. The van der Waals surface area contributed by atoms with Crippen molar-refractivity contribution in [2.24, 2.45) is 0 Å². The van der Waals surface area contributed by atoms with Crippen LogP contribution < -0.4 is 10.6 Å². The summed E-state index contributed by atoms with van der Waals surface area (Å²) in [6.07, 6.45) is 3.53. The number of hydrogen-bond acceptors (Lipinski definition) is 3. The van der Waals surface area contributed by atoms with Gasteiger partial charge < -0.3 is 15.4 Å². The fraction of sp³-hybridized carbons (Fsp3) is 0.562. The molecule has 2 atom stereocenters. The molecular weight excluding hydrogens is 288 g/mol. The van der Waals surface area contributed by atoms with Crippen LogP contribution in [-0.4, -0.2) is 37.7 Å². The molecule has 1 fully saturated rings. The van der Waals surface area contributed by atoms with E-state index in [1.807, 2.05) is 0 Å². The molecule has 21 heavy (non-hydrogen) atoms. The maximum Gasteiger partial charge on any atom is 0.222 e. The molecule has 3 rings (SSSR count). The number of halogens is 1. The topological polar surface area (TPSA) is 50.4 Å². The number of carbonyl (C=O) groups excluding carboxylic acids is 1. The van der Waals surface area contributed by atoms with Gasteiger partial charge in [0.25, 0.3) is 0 Å². The molecule has 0 aromatic heterocycles. The minimum Gasteiger partial charge on any atom is -0.375 e. The largest absolute Gasteiger partial charge is 0.375 e. The summed E-state index contributed by atoms with van der Waals surface area (Å²) in [6.45, 7) is 2.37. The summed E-state index contributed by atoms with van der Waals surface area (Å²) in [4.78, 5) is 12.1. The summed E-state index contributed by atoms with van der Waals surface area (Å²) in [5.74, 6) is 0.114. The predicted molar refractivity (Wildman–Crippen MR) is 84.9 cm³/mol. The van der Waals surface area contributed by atoms with Gasteiger partial charge in [0.2, 0.25) is 5.91 Å². The SMILES string of the molecule is Cl.O=C(CC1CNCCO1)NC1CCc2ccccc2C1. The van der Waals surface area contributed by atoms with Crippen molar-refractivity contribution in [3.63, 3.8) is 0 Å². The van der Waals surface area contributed by atoms with Gasteiger partial charge in [0.05, 0.1) is 19.1 Å². The average molecular weight is 311 g/mol. The molecule has 2 aliphatic rings. The van der Waals surface area contributed by atoms with Crippen molar-refractivity contribution in [3.05, 3.63) is 35.4 Å². The van der Waals surface area contributed by atoms with Crippen LogP contribution in [0.2, 0.25) is 0 Å². The van der Waals surface area contributed by atoms with Gasteiger partial charge in [-0.1, -0.05) is 24.3 Å². The summed E-state index contributed by atoms with van der Waals surface area (Å²) in [5.41, 5.74) is 2.80. The van der Waals surface area contributed by atoms with Crippen molar-refractivity contribution in [2.75, 3.05) is 19.7 Å². The van der Waals surface area contributed by atoms with Crippen molar-refractivity contribution in [3.8, 4) is 0 Å². The second kappa shape index (κ2) is 7.78.